The van der Waals surface area contributed by atoms with Crippen molar-refractivity contribution < 1.29 is 113 Å². The molecule has 36 nitrogen and oxygen atoms in total. The summed E-state index contributed by atoms with van der Waals surface area (Å²) in [5, 5.41) is 102. The van der Waals surface area contributed by atoms with Crippen molar-refractivity contribution in [2.24, 2.45) is 17.4 Å². The number of carbonyl (C=O) groups is 15. The molecule has 37 heteroatoms. The van der Waals surface area contributed by atoms with Crippen molar-refractivity contribution in [3.05, 3.63) is 29.8 Å². The molecule has 0 aliphatic rings. The first-order valence-corrected chi connectivity index (χ1v) is 27.1. The summed E-state index contributed by atoms with van der Waals surface area (Å²) in [4.78, 5) is 194. The van der Waals surface area contributed by atoms with Gasteiger partial charge in [-0.1, -0.05) is 26.0 Å². The van der Waals surface area contributed by atoms with Crippen molar-refractivity contribution >= 4 is 101 Å². The van der Waals surface area contributed by atoms with E-state index in [1.165, 1.54) is 31.2 Å². The second-order valence-electron chi connectivity index (χ2n) is 20.2. The molecule has 0 heterocycles. The highest BCUT2D eigenvalue weighted by Crippen LogP contribution is 2.13. The second kappa shape index (κ2) is 36.9. The molecule has 0 fully saturated rings. The van der Waals surface area contributed by atoms with Crippen molar-refractivity contribution in [3.8, 4) is 5.75 Å². The minimum absolute atomic E-state index is 0.197. The molecule has 0 aromatic heterocycles. The summed E-state index contributed by atoms with van der Waals surface area (Å²) in [6, 6.07) is -16.4. The number of nitrogens with one attached hydrogen (secondary N) is 11. The standard InChI is InChI=1S/C50H77N13O23S/c1-19(2)11-26(56-47(82)33(18-87)62-42(77)28(13-34(51)69)59-48(83)37(52)22(5)66)40(75)57-29(14-35(70)71)43(78)60-32(17-65)46(81)61-31(16-64)45(80)53-20(3)39(74)55-27(12-24-7-9-25(68)10-8-24)41(76)58-30(15-36(72)73)44(79)63-38(23(6)67)49(84)54-21(4)50(85)86/h7-10,19-23,26-33,37-38,64-68,87H,11-18,52H2,1-6H3,(H2,51,69)(H,53,80)(H,54,84)(H,55,74)(H,56,82)(H,57,75)(H,58,76)(H,59,83)(H,60,78)(H,61,81)(H,62,77)(H,63,79)(H,70,71)(H,72,73)(H,85,86)/t20-,21-,22+,23+,26-,27-,28-,29-,30-,31-,32-,33-,37-,38-/m0/s1. The van der Waals surface area contributed by atoms with Gasteiger partial charge in [0.1, 0.15) is 78.3 Å². The van der Waals surface area contributed by atoms with E-state index in [2.05, 4.69) is 49.8 Å². The molecular weight excluding hydrogens is 1180 g/mol. The van der Waals surface area contributed by atoms with Crippen LogP contribution in [0.15, 0.2) is 24.3 Å². The molecule has 0 radical (unpaired) electrons. The number of phenols is 1. The summed E-state index contributed by atoms with van der Waals surface area (Å²) in [6.07, 6.45) is -6.85. The van der Waals surface area contributed by atoms with Gasteiger partial charge < -0.3 is 111 Å². The quantitative estimate of drug-likeness (QED) is 0.0273. The first-order valence-electron chi connectivity index (χ1n) is 26.5. The van der Waals surface area contributed by atoms with Crippen molar-refractivity contribution in [1.82, 2.24) is 58.5 Å². The Hall–Kier alpha value is -8.78. The number of rotatable bonds is 38. The lowest BCUT2D eigenvalue weighted by atomic mass is 10.0. The van der Waals surface area contributed by atoms with E-state index in [0.29, 0.717) is 0 Å². The van der Waals surface area contributed by atoms with E-state index in [1.54, 1.807) is 13.8 Å². The second-order valence-corrected chi connectivity index (χ2v) is 20.6. The maximum Gasteiger partial charge on any atom is 0.325 e. The predicted molar refractivity (Wildman–Crippen MR) is 299 cm³/mol. The molecule has 23 N–H and O–H groups in total. The minimum Gasteiger partial charge on any atom is -0.508 e. The normalized spacial score (nSPS) is 15.9. The molecule has 1 aromatic rings. The number of phenolic OH excluding ortho intramolecular Hbond substituents is 1. The van der Waals surface area contributed by atoms with Gasteiger partial charge in [-0.2, -0.15) is 12.6 Å². The van der Waals surface area contributed by atoms with Crippen LogP contribution in [0.4, 0.5) is 0 Å². The van der Waals surface area contributed by atoms with Crippen LogP contribution in [0.25, 0.3) is 0 Å². The number of carbonyl (C=O) groups excluding carboxylic acids is 12. The molecule has 12 amide bonds. The van der Waals surface area contributed by atoms with Gasteiger partial charge in [0, 0.05) is 12.2 Å². The lowest BCUT2D eigenvalue weighted by molar-refractivity contribution is -0.143. The van der Waals surface area contributed by atoms with Gasteiger partial charge in [0.15, 0.2) is 0 Å². The first-order chi connectivity index (χ1) is 40.5. The van der Waals surface area contributed by atoms with E-state index in [9.17, 15) is 113 Å². The number of thiol groups is 1. The largest absolute Gasteiger partial charge is 0.508 e. The first kappa shape index (κ1) is 76.2. The van der Waals surface area contributed by atoms with Crippen LogP contribution in [0.1, 0.15) is 72.8 Å². The molecule has 0 saturated heterocycles. The third-order valence-electron chi connectivity index (χ3n) is 12.2. The highest BCUT2D eigenvalue weighted by molar-refractivity contribution is 7.80. The Bertz CT molecular complexity index is 2650. The zero-order chi connectivity index (χ0) is 66.7. The SMILES string of the molecule is CC(C)C[C@H](NC(=O)[C@H](CS)NC(=O)[C@H](CC(N)=O)NC(=O)[C@@H](N)[C@@H](C)O)C(=O)N[C@@H](CC(=O)O)C(=O)N[C@@H](CO)C(=O)N[C@@H](CO)C(=O)N[C@@H](C)C(=O)N[C@@H](Cc1ccc(O)cc1)C(=O)N[C@@H](CC(=O)O)C(=O)N[C@H](C(=O)N[C@@H](C)C(=O)O)[C@@H](C)O. The average molecular weight is 1260 g/mol. The van der Waals surface area contributed by atoms with Crippen LogP contribution in [0.2, 0.25) is 0 Å². The molecule has 486 valence electrons. The Morgan fingerprint density at radius 3 is 1.24 bits per heavy atom. The molecule has 1 rings (SSSR count). The van der Waals surface area contributed by atoms with Gasteiger partial charge in [-0.05, 0) is 57.7 Å². The maximum absolute atomic E-state index is 13.8. The lowest BCUT2D eigenvalue weighted by Crippen LogP contribution is -2.62. The van der Waals surface area contributed by atoms with Gasteiger partial charge >= 0.3 is 17.9 Å². The van der Waals surface area contributed by atoms with Crippen LogP contribution < -0.4 is 70.0 Å². The van der Waals surface area contributed by atoms with Crippen LogP contribution in [-0.2, 0) is 78.3 Å². The third-order valence-corrected chi connectivity index (χ3v) is 12.6. The predicted octanol–water partition coefficient (Wildman–Crippen LogP) is -9.73. The third kappa shape index (κ3) is 27.0. The van der Waals surface area contributed by atoms with Gasteiger partial charge in [-0.3, -0.25) is 71.9 Å². The number of nitrogens with two attached hydrogens (primary N) is 2. The number of carboxylic acid groups (broad SMARTS) is 3. The number of aliphatic hydroxyl groups is 4. The highest BCUT2D eigenvalue weighted by atomic mass is 32.1. The molecule has 14 atom stereocenters. The van der Waals surface area contributed by atoms with E-state index in [4.69, 9.17) is 11.5 Å². The van der Waals surface area contributed by atoms with Crippen molar-refractivity contribution in [3.63, 3.8) is 0 Å². The van der Waals surface area contributed by atoms with Crippen LogP contribution in [0, 0.1) is 5.92 Å². The number of aliphatic carboxylic acids is 3. The minimum atomic E-state index is -2.07. The Balaban J connectivity index is 3.33. The molecule has 0 bridgehead atoms. The molecule has 0 spiro atoms. The average Bonchev–Trinajstić information content (AvgIpc) is 2.62. The zero-order valence-corrected chi connectivity index (χ0v) is 48.8. The Kier molecular flexibility index (Phi) is 32.4. The van der Waals surface area contributed by atoms with Gasteiger partial charge in [0.2, 0.25) is 70.9 Å². The topological polar surface area (TPSA) is 602 Å². The smallest absolute Gasteiger partial charge is 0.325 e. The van der Waals surface area contributed by atoms with Crippen LogP contribution in [0.3, 0.4) is 0 Å². The van der Waals surface area contributed by atoms with E-state index in [0.717, 1.165) is 20.8 Å². The number of carboxylic acids is 3. The Morgan fingerprint density at radius 1 is 0.448 bits per heavy atom. The monoisotopic (exact) mass is 1260 g/mol. The number of aliphatic hydroxyl groups excluding tert-OH is 4. The molecule has 1 aromatic carbocycles. The number of aromatic hydroxyl groups is 1. The summed E-state index contributed by atoms with van der Waals surface area (Å²) in [5.74, 6) is -20.6. The fraction of sp³-hybridized carbons (Fsp3) is 0.580. The fourth-order valence-corrected chi connectivity index (χ4v) is 7.62. The number of amides is 12. The van der Waals surface area contributed by atoms with Crippen LogP contribution in [0.5, 0.6) is 5.75 Å². The van der Waals surface area contributed by atoms with E-state index in [-0.39, 0.29) is 17.7 Å². The summed E-state index contributed by atoms with van der Waals surface area (Å²) < 4.78 is 0. The van der Waals surface area contributed by atoms with E-state index >= 15 is 0 Å². The van der Waals surface area contributed by atoms with E-state index in [1.807, 2.05) is 21.3 Å². The van der Waals surface area contributed by atoms with Crippen molar-refractivity contribution in [2.75, 3.05) is 19.0 Å². The summed E-state index contributed by atoms with van der Waals surface area (Å²) in [5.41, 5.74) is 11.1. The van der Waals surface area contributed by atoms with E-state index < -0.39 is 224 Å². The van der Waals surface area contributed by atoms with Crippen molar-refractivity contribution in [2.45, 2.75) is 158 Å². The zero-order valence-electron chi connectivity index (χ0n) is 47.9. The summed E-state index contributed by atoms with van der Waals surface area (Å²) in [7, 11) is 0. The van der Waals surface area contributed by atoms with Crippen molar-refractivity contribution in [1.29, 1.82) is 0 Å². The fourth-order valence-electron chi connectivity index (χ4n) is 7.36. The number of hydrogen-bond acceptors (Lipinski definition) is 22. The maximum atomic E-state index is 13.8. The summed E-state index contributed by atoms with van der Waals surface area (Å²) >= 11 is 4.06. The molecule has 0 aliphatic heterocycles. The summed E-state index contributed by atoms with van der Waals surface area (Å²) in [6.45, 7) is 5.04. The number of primary amides is 1. The van der Waals surface area contributed by atoms with Gasteiger partial charge in [0.05, 0.1) is 44.7 Å². The molecule has 0 aliphatic carbocycles. The van der Waals surface area contributed by atoms with Crippen LogP contribution in [-0.4, -0.2) is 233 Å². The van der Waals surface area contributed by atoms with Crippen LogP contribution >= 0.6 is 12.6 Å². The van der Waals surface area contributed by atoms with Gasteiger partial charge in [0.25, 0.3) is 0 Å². The highest BCUT2D eigenvalue weighted by Gasteiger charge is 2.38. The molecular formula is C50H77N13O23S. The van der Waals surface area contributed by atoms with Gasteiger partial charge in [-0.15, -0.1) is 0 Å². The van der Waals surface area contributed by atoms with Gasteiger partial charge in [-0.25, -0.2) is 0 Å². The molecule has 87 heavy (non-hydrogen) atoms. The molecule has 0 saturated carbocycles. The lowest BCUT2D eigenvalue weighted by Gasteiger charge is -2.27. The number of benzene rings is 1. The Labute approximate surface area is 501 Å². The number of hydrogen-bond donors (Lipinski definition) is 22. The molecule has 0 unspecified atom stereocenters. The Morgan fingerprint density at radius 2 is 0.816 bits per heavy atom.